The van der Waals surface area contributed by atoms with Crippen molar-refractivity contribution in [1.82, 2.24) is 0 Å². The highest BCUT2D eigenvalue weighted by molar-refractivity contribution is 7.95. The summed E-state index contributed by atoms with van der Waals surface area (Å²) in [7, 11) is -0.867. The van der Waals surface area contributed by atoms with Crippen LogP contribution in [0, 0.1) is 18.3 Å². The number of ether oxygens (including phenoxy) is 2. The highest BCUT2D eigenvalue weighted by Crippen LogP contribution is 2.33. The fraction of sp³-hybridized carbons (Fsp3) is 0.167. The lowest BCUT2D eigenvalue weighted by molar-refractivity contribution is 0.388. The monoisotopic (exact) mass is 343 g/mol. The topological polar surface area (TPSA) is 76.4 Å². The molecule has 0 aliphatic carbocycles. The molecule has 2 aromatic carbocycles. The molecule has 6 heteroatoms. The predicted molar refractivity (Wildman–Crippen MR) is 91.5 cm³/mol. The number of sulfone groups is 1. The van der Waals surface area contributed by atoms with E-state index in [1.165, 1.54) is 32.4 Å². The third-order valence-corrected chi connectivity index (χ3v) is 5.23. The van der Waals surface area contributed by atoms with E-state index in [9.17, 15) is 13.7 Å². The number of rotatable bonds is 5. The maximum Gasteiger partial charge on any atom is 0.216 e. The Balaban J connectivity index is 2.61. The van der Waals surface area contributed by atoms with Gasteiger partial charge in [0, 0.05) is 11.1 Å². The molecule has 5 nitrogen and oxygen atoms in total. The zero-order valence-electron chi connectivity index (χ0n) is 13.6. The lowest BCUT2D eigenvalue weighted by Gasteiger charge is -2.12. The first-order valence-corrected chi connectivity index (χ1v) is 8.57. The Morgan fingerprint density at radius 3 is 2.29 bits per heavy atom. The lowest BCUT2D eigenvalue weighted by Crippen LogP contribution is -2.04. The Kier molecular flexibility index (Phi) is 5.27. The second-order valence-electron chi connectivity index (χ2n) is 4.95. The Hall–Kier alpha value is -2.78. The highest BCUT2D eigenvalue weighted by Gasteiger charge is 2.21. The van der Waals surface area contributed by atoms with E-state index in [1.807, 2.05) is 0 Å². The SMILES string of the molecule is COc1ccc(/C=C(\C#N)S(=O)(=O)c2ccccc2)c(OC)c1C. The van der Waals surface area contributed by atoms with E-state index >= 15 is 0 Å². The van der Waals surface area contributed by atoms with E-state index in [2.05, 4.69) is 0 Å². The van der Waals surface area contributed by atoms with Gasteiger partial charge in [0.1, 0.15) is 22.5 Å². The second-order valence-corrected chi connectivity index (χ2v) is 6.87. The van der Waals surface area contributed by atoms with Crippen LogP contribution in [0.25, 0.3) is 6.08 Å². The summed E-state index contributed by atoms with van der Waals surface area (Å²) in [6.45, 7) is 1.80. The fourth-order valence-corrected chi connectivity index (χ4v) is 3.51. The molecule has 2 aromatic rings. The van der Waals surface area contributed by atoms with Crippen molar-refractivity contribution in [2.75, 3.05) is 14.2 Å². The molecule has 0 aromatic heterocycles. The van der Waals surface area contributed by atoms with Gasteiger partial charge in [-0.25, -0.2) is 8.42 Å². The molecule has 0 amide bonds. The van der Waals surface area contributed by atoms with Crippen LogP contribution in [0.5, 0.6) is 11.5 Å². The molecule has 0 spiro atoms. The van der Waals surface area contributed by atoms with E-state index in [0.29, 0.717) is 17.1 Å². The number of allylic oxidation sites excluding steroid dienone is 1. The molecule has 0 N–H and O–H groups in total. The molecule has 0 atom stereocenters. The van der Waals surface area contributed by atoms with Crippen LogP contribution in [0.15, 0.2) is 52.3 Å². The van der Waals surface area contributed by atoms with E-state index < -0.39 is 9.84 Å². The molecule has 24 heavy (non-hydrogen) atoms. The average molecular weight is 343 g/mol. The van der Waals surface area contributed by atoms with E-state index in [1.54, 1.807) is 43.3 Å². The van der Waals surface area contributed by atoms with Crippen molar-refractivity contribution >= 4 is 15.9 Å². The molecular weight excluding hydrogens is 326 g/mol. The first-order valence-electron chi connectivity index (χ1n) is 7.09. The molecule has 0 aliphatic heterocycles. The molecule has 0 bridgehead atoms. The minimum Gasteiger partial charge on any atom is -0.496 e. The van der Waals surface area contributed by atoms with Gasteiger partial charge in [0.2, 0.25) is 9.84 Å². The van der Waals surface area contributed by atoms with Crippen molar-refractivity contribution in [1.29, 1.82) is 5.26 Å². The summed E-state index contributed by atoms with van der Waals surface area (Å²) < 4.78 is 35.8. The average Bonchev–Trinajstić information content (AvgIpc) is 2.60. The third kappa shape index (κ3) is 3.26. The number of nitrogens with zero attached hydrogens (tertiary/aromatic N) is 1. The van der Waals surface area contributed by atoms with Crippen molar-refractivity contribution in [3.8, 4) is 17.6 Å². The minimum absolute atomic E-state index is 0.0713. The van der Waals surface area contributed by atoms with E-state index in [4.69, 9.17) is 9.47 Å². The van der Waals surface area contributed by atoms with Crippen LogP contribution in [0.1, 0.15) is 11.1 Å². The first kappa shape index (κ1) is 17.6. The summed E-state index contributed by atoms with van der Waals surface area (Å²) in [5, 5.41) is 9.35. The Morgan fingerprint density at radius 2 is 1.75 bits per heavy atom. The zero-order valence-corrected chi connectivity index (χ0v) is 14.4. The van der Waals surface area contributed by atoms with Gasteiger partial charge in [-0.2, -0.15) is 5.26 Å². The quantitative estimate of drug-likeness (QED) is 0.778. The minimum atomic E-state index is -3.89. The molecule has 0 heterocycles. The third-order valence-electron chi connectivity index (χ3n) is 3.55. The van der Waals surface area contributed by atoms with Gasteiger partial charge in [-0.3, -0.25) is 0 Å². The number of hydrogen-bond donors (Lipinski definition) is 0. The van der Waals surface area contributed by atoms with Crippen LogP contribution < -0.4 is 9.47 Å². The maximum atomic E-state index is 12.6. The number of methoxy groups -OCH3 is 2. The van der Waals surface area contributed by atoms with Gasteiger partial charge in [0.05, 0.1) is 19.1 Å². The van der Waals surface area contributed by atoms with E-state index in [-0.39, 0.29) is 9.80 Å². The standard InChI is InChI=1S/C18H17NO4S/c1-13-17(22-2)10-9-14(18(13)23-3)11-16(12-19)24(20,21)15-7-5-4-6-8-15/h4-11H,1-3H3/b16-11+. The molecule has 2 rings (SSSR count). The lowest BCUT2D eigenvalue weighted by atomic mass is 10.1. The van der Waals surface area contributed by atoms with Gasteiger partial charge in [-0.05, 0) is 37.3 Å². The number of hydrogen-bond acceptors (Lipinski definition) is 5. The normalized spacial score (nSPS) is 11.7. The van der Waals surface area contributed by atoms with Gasteiger partial charge in [-0.15, -0.1) is 0 Å². The Bertz CT molecular complexity index is 910. The summed E-state index contributed by atoms with van der Waals surface area (Å²) in [4.78, 5) is -0.279. The van der Waals surface area contributed by atoms with Gasteiger partial charge >= 0.3 is 0 Å². The van der Waals surface area contributed by atoms with Crippen LogP contribution in [-0.4, -0.2) is 22.6 Å². The van der Waals surface area contributed by atoms with E-state index in [0.717, 1.165) is 5.56 Å². The van der Waals surface area contributed by atoms with Crippen molar-refractivity contribution in [2.24, 2.45) is 0 Å². The molecule has 0 aliphatic rings. The molecule has 124 valence electrons. The second kappa shape index (κ2) is 7.20. The van der Waals surface area contributed by atoms with Crippen molar-refractivity contribution in [3.05, 3.63) is 58.5 Å². The molecular formula is C18H17NO4S. The summed E-state index contributed by atoms with van der Waals surface area (Å²) >= 11 is 0. The summed E-state index contributed by atoms with van der Waals surface area (Å²) in [5.74, 6) is 1.08. The van der Waals surface area contributed by atoms with Crippen LogP contribution in [0.3, 0.4) is 0 Å². The van der Waals surface area contributed by atoms with Crippen molar-refractivity contribution in [2.45, 2.75) is 11.8 Å². The van der Waals surface area contributed by atoms with Crippen molar-refractivity contribution in [3.63, 3.8) is 0 Å². The molecule has 0 saturated carbocycles. The van der Waals surface area contributed by atoms with Crippen LogP contribution in [-0.2, 0) is 9.84 Å². The Labute approximate surface area is 141 Å². The number of benzene rings is 2. The van der Waals surface area contributed by atoms with Gasteiger partial charge in [-0.1, -0.05) is 18.2 Å². The number of nitriles is 1. The predicted octanol–water partition coefficient (Wildman–Crippen LogP) is 3.35. The maximum absolute atomic E-state index is 12.6. The molecule has 0 fully saturated rings. The van der Waals surface area contributed by atoms with Gasteiger partial charge < -0.3 is 9.47 Å². The fourth-order valence-electron chi connectivity index (χ4n) is 2.34. The van der Waals surface area contributed by atoms with Crippen LogP contribution in [0.2, 0.25) is 0 Å². The van der Waals surface area contributed by atoms with Crippen molar-refractivity contribution < 1.29 is 17.9 Å². The smallest absolute Gasteiger partial charge is 0.216 e. The molecule has 0 saturated heterocycles. The molecule has 0 unspecified atom stereocenters. The summed E-state index contributed by atoms with van der Waals surface area (Å²) in [6, 6.07) is 13.0. The largest absolute Gasteiger partial charge is 0.496 e. The Morgan fingerprint density at radius 1 is 1.08 bits per heavy atom. The van der Waals surface area contributed by atoms with Gasteiger partial charge in [0.15, 0.2) is 0 Å². The molecule has 0 radical (unpaired) electrons. The summed E-state index contributed by atoms with van der Waals surface area (Å²) in [6.07, 6.45) is 1.31. The van der Waals surface area contributed by atoms with Crippen LogP contribution >= 0.6 is 0 Å². The van der Waals surface area contributed by atoms with Gasteiger partial charge in [0.25, 0.3) is 0 Å². The highest BCUT2D eigenvalue weighted by atomic mass is 32.2. The van der Waals surface area contributed by atoms with Crippen LogP contribution in [0.4, 0.5) is 0 Å². The summed E-state index contributed by atoms with van der Waals surface area (Å²) in [5.41, 5.74) is 1.22. The first-order chi connectivity index (χ1) is 11.5. The zero-order chi connectivity index (χ0) is 17.7.